The molecular weight excluding hydrogens is 721 g/mol. The maximum atomic E-state index is 13.9. The van der Waals surface area contributed by atoms with E-state index in [0.717, 1.165) is 6.42 Å². The number of nitrogens with one attached hydrogen (secondary N) is 2. The van der Waals surface area contributed by atoms with Crippen LogP contribution in [0.1, 0.15) is 154 Å². The van der Waals surface area contributed by atoms with Crippen LogP contribution >= 0.6 is 0 Å². The van der Waals surface area contributed by atoms with Crippen LogP contribution in [0.3, 0.4) is 0 Å². The van der Waals surface area contributed by atoms with E-state index >= 15 is 0 Å². The van der Waals surface area contributed by atoms with Gasteiger partial charge in [0.2, 0.25) is 0 Å². The van der Waals surface area contributed by atoms with Crippen LogP contribution in [0.5, 0.6) is 0 Å². The number of carbonyl (C=O) groups excluding carboxylic acids is 4. The van der Waals surface area contributed by atoms with E-state index in [1.54, 1.807) is 88.0 Å². The van der Waals surface area contributed by atoms with Gasteiger partial charge >= 0.3 is 24.4 Å². The summed E-state index contributed by atoms with van der Waals surface area (Å²) in [5.74, 6) is -0.829. The summed E-state index contributed by atoms with van der Waals surface area (Å²) in [6.07, 6.45) is 2.41. The first kappa shape index (κ1) is 51.0. The summed E-state index contributed by atoms with van der Waals surface area (Å²) in [6, 6.07) is 0. The summed E-state index contributed by atoms with van der Waals surface area (Å²) in [7, 11) is -4.04. The topological polar surface area (TPSA) is 190 Å². The van der Waals surface area contributed by atoms with E-state index < -0.39 is 69.0 Å². The van der Waals surface area contributed by atoms with Gasteiger partial charge < -0.3 is 34.5 Å². The quantitative estimate of drug-likeness (QED) is 0.0439. The fraction of sp³-hybridized carbons (Fsp3) is 0.895. The molecule has 0 rings (SSSR count). The molecule has 0 aliphatic carbocycles. The Hall–Kier alpha value is -3.01. The molecule has 0 aliphatic rings. The minimum atomic E-state index is -4.04. The molecule has 54 heavy (non-hydrogen) atoms. The van der Waals surface area contributed by atoms with Crippen molar-refractivity contribution in [2.24, 2.45) is 5.92 Å². The number of hydrogen-bond acceptors (Lipinski definition) is 10. The third kappa shape index (κ3) is 27.6. The van der Waals surface area contributed by atoms with Gasteiger partial charge in [-0.1, -0.05) is 39.0 Å². The molecule has 3 N–H and O–H groups in total. The first-order chi connectivity index (χ1) is 24.5. The van der Waals surface area contributed by atoms with Gasteiger partial charge in [0.05, 0.1) is 5.75 Å². The molecule has 0 spiro atoms. The van der Waals surface area contributed by atoms with Crippen molar-refractivity contribution < 1.29 is 51.1 Å². The molecule has 0 bridgehead atoms. The highest BCUT2D eigenvalue weighted by Crippen LogP contribution is 2.25. The molecule has 318 valence electrons. The largest absolute Gasteiger partial charge is 0.444 e. The second-order valence-corrected chi connectivity index (χ2v) is 19.4. The van der Waals surface area contributed by atoms with E-state index in [-0.39, 0.29) is 25.4 Å². The first-order valence-electron chi connectivity index (χ1n) is 19.4. The minimum absolute atomic E-state index is 0.100. The van der Waals surface area contributed by atoms with Gasteiger partial charge in [-0.25, -0.2) is 19.2 Å². The Morgan fingerprint density at radius 1 is 0.630 bits per heavy atom. The second kappa shape index (κ2) is 23.2. The standard InChI is InChI=1S/C38H74N4O11S/c1-14-15-26-42(34(46)53-38(11,12)13)30(40-32(44)51-36(5,6)7)29(23-19-17-16-18-22-27-54(47,48)49)28-41(33(45)52-37(8,9)10)25-21-20-24-39-31(43)50-35(2,3)4/h29-30H,14-28H2,1-13H3,(H,39,43)(H,40,44)(H,47,48,49). The molecule has 0 saturated heterocycles. The molecule has 0 aromatic carbocycles. The Balaban J connectivity index is 6.72. The van der Waals surface area contributed by atoms with Crippen LogP contribution in [0.4, 0.5) is 19.2 Å². The molecule has 0 heterocycles. The van der Waals surface area contributed by atoms with Gasteiger partial charge in [0.25, 0.3) is 10.1 Å². The molecule has 0 radical (unpaired) electrons. The first-order valence-corrected chi connectivity index (χ1v) is 21.0. The normalized spacial score (nSPS) is 13.7. The molecule has 0 fully saturated rings. The van der Waals surface area contributed by atoms with Crippen LogP contribution in [-0.4, -0.2) is 108 Å². The SMILES string of the molecule is CCCCN(C(=O)OC(C)(C)C)C(NC(=O)OC(C)(C)C)C(CCCCCCCS(=O)(=O)O)CN(CCCCNC(=O)OC(C)(C)C)C(=O)OC(C)(C)C. The van der Waals surface area contributed by atoms with Crippen molar-refractivity contribution >= 4 is 34.5 Å². The number of carbonyl (C=O) groups is 4. The average molecular weight is 795 g/mol. The van der Waals surface area contributed by atoms with E-state index in [1.807, 2.05) is 6.92 Å². The zero-order valence-electron chi connectivity index (χ0n) is 35.6. The zero-order chi connectivity index (χ0) is 42.0. The van der Waals surface area contributed by atoms with Crippen LogP contribution < -0.4 is 10.6 Å². The number of rotatable bonds is 21. The fourth-order valence-corrected chi connectivity index (χ4v) is 5.81. The van der Waals surface area contributed by atoms with Crippen LogP contribution in [0.25, 0.3) is 0 Å². The maximum absolute atomic E-state index is 13.9. The lowest BCUT2D eigenvalue weighted by Crippen LogP contribution is -2.58. The second-order valence-electron chi connectivity index (χ2n) is 17.8. The molecule has 0 aliphatic heterocycles. The number of unbranched alkanes of at least 4 members (excludes halogenated alkanes) is 6. The Bertz CT molecular complexity index is 1250. The molecular formula is C38H74N4O11S. The summed E-state index contributed by atoms with van der Waals surface area (Å²) in [4.78, 5) is 56.4. The highest BCUT2D eigenvalue weighted by Gasteiger charge is 2.37. The third-order valence-corrected chi connectivity index (χ3v) is 8.24. The van der Waals surface area contributed by atoms with Gasteiger partial charge in [-0.15, -0.1) is 0 Å². The van der Waals surface area contributed by atoms with Crippen molar-refractivity contribution in [3.05, 3.63) is 0 Å². The predicted octanol–water partition coefficient (Wildman–Crippen LogP) is 8.26. The monoisotopic (exact) mass is 795 g/mol. The van der Waals surface area contributed by atoms with E-state index in [2.05, 4.69) is 10.6 Å². The van der Waals surface area contributed by atoms with Crippen LogP contribution in [-0.2, 0) is 29.1 Å². The van der Waals surface area contributed by atoms with E-state index in [4.69, 9.17) is 23.5 Å². The van der Waals surface area contributed by atoms with Crippen molar-refractivity contribution in [2.75, 3.05) is 31.9 Å². The predicted molar refractivity (Wildman–Crippen MR) is 210 cm³/mol. The number of hydrogen-bond donors (Lipinski definition) is 3. The molecule has 0 aromatic rings. The smallest absolute Gasteiger partial charge is 0.411 e. The van der Waals surface area contributed by atoms with Crippen molar-refractivity contribution in [3.8, 4) is 0 Å². The van der Waals surface area contributed by atoms with Crippen molar-refractivity contribution in [3.63, 3.8) is 0 Å². The third-order valence-electron chi connectivity index (χ3n) is 7.43. The minimum Gasteiger partial charge on any atom is -0.444 e. The van der Waals surface area contributed by atoms with Crippen molar-refractivity contribution in [1.82, 2.24) is 20.4 Å². The Morgan fingerprint density at radius 3 is 1.65 bits per heavy atom. The molecule has 2 atom stereocenters. The summed E-state index contributed by atoms with van der Waals surface area (Å²) < 4.78 is 54.1. The van der Waals surface area contributed by atoms with E-state index in [1.165, 1.54) is 4.90 Å². The lowest BCUT2D eigenvalue weighted by atomic mass is 9.95. The molecule has 0 aromatic heterocycles. The number of amides is 4. The van der Waals surface area contributed by atoms with Gasteiger partial charge in [-0.05, 0) is 115 Å². The van der Waals surface area contributed by atoms with E-state index in [9.17, 15) is 27.6 Å². The summed E-state index contributed by atoms with van der Waals surface area (Å²) in [5, 5.41) is 5.70. The van der Waals surface area contributed by atoms with Crippen LogP contribution in [0, 0.1) is 5.92 Å². The van der Waals surface area contributed by atoms with E-state index in [0.29, 0.717) is 64.3 Å². The lowest BCUT2D eigenvalue weighted by Gasteiger charge is -2.40. The number of alkyl carbamates (subject to hydrolysis) is 2. The number of nitrogens with zero attached hydrogens (tertiary/aromatic N) is 2. The highest BCUT2D eigenvalue weighted by atomic mass is 32.2. The van der Waals surface area contributed by atoms with Crippen LogP contribution in [0.2, 0.25) is 0 Å². The fourth-order valence-electron chi connectivity index (χ4n) is 5.24. The maximum Gasteiger partial charge on any atom is 0.411 e. The van der Waals surface area contributed by atoms with Crippen molar-refractivity contribution in [1.29, 1.82) is 0 Å². The average Bonchev–Trinajstić information content (AvgIpc) is 2.94. The van der Waals surface area contributed by atoms with Crippen LogP contribution in [0.15, 0.2) is 0 Å². The van der Waals surface area contributed by atoms with Gasteiger partial charge in [-0.3, -0.25) is 9.45 Å². The highest BCUT2D eigenvalue weighted by molar-refractivity contribution is 7.85. The lowest BCUT2D eigenvalue weighted by molar-refractivity contribution is -0.00843. The van der Waals surface area contributed by atoms with Gasteiger partial charge in [0.1, 0.15) is 28.6 Å². The molecule has 0 saturated carbocycles. The Kier molecular flexibility index (Phi) is 21.9. The summed E-state index contributed by atoms with van der Waals surface area (Å²) in [5.41, 5.74) is -3.10. The molecule has 2 unspecified atom stereocenters. The molecule has 16 heteroatoms. The Morgan fingerprint density at radius 2 is 1.13 bits per heavy atom. The zero-order valence-corrected chi connectivity index (χ0v) is 36.4. The molecule has 4 amide bonds. The summed E-state index contributed by atoms with van der Waals surface area (Å²) >= 11 is 0. The van der Waals surface area contributed by atoms with Gasteiger partial charge in [-0.2, -0.15) is 8.42 Å². The van der Waals surface area contributed by atoms with Crippen molar-refractivity contribution in [2.45, 2.75) is 183 Å². The van der Waals surface area contributed by atoms with Gasteiger partial charge in [0, 0.05) is 32.1 Å². The Labute approximate surface area is 326 Å². The summed E-state index contributed by atoms with van der Waals surface area (Å²) in [6.45, 7) is 24.1. The molecule has 15 nitrogen and oxygen atoms in total. The number of ether oxygens (including phenoxy) is 4. The van der Waals surface area contributed by atoms with Gasteiger partial charge in [0.15, 0.2) is 0 Å².